The lowest BCUT2D eigenvalue weighted by Gasteiger charge is -2.51. The maximum Gasteiger partial charge on any atom is 0.249 e. The van der Waals surface area contributed by atoms with Gasteiger partial charge >= 0.3 is 0 Å². The minimum atomic E-state index is -0.651. The standard InChI is InChI=1S/C32H37N3O/c1-22(2)20-35-21-27-18-26-19-34-32(27,30(35)29(26)17-23-9-4-3-5-10-23)31(36)33-16-15-25-13-8-12-24-11-6-7-14-28(24)25/h3-14,19,22,26-27,29-30H,15-18,20-21H2,1-2H3,(H,33,36). The van der Waals surface area contributed by atoms with Crippen molar-refractivity contribution in [2.24, 2.45) is 28.7 Å². The van der Waals surface area contributed by atoms with Crippen LogP contribution in [0.25, 0.3) is 10.8 Å². The van der Waals surface area contributed by atoms with Crippen molar-refractivity contribution < 1.29 is 4.79 Å². The molecule has 0 spiro atoms. The number of carbonyl (C=O) groups is 1. The first-order valence-electron chi connectivity index (χ1n) is 13.6. The number of amides is 1. The lowest BCUT2D eigenvalue weighted by molar-refractivity contribution is -0.131. The Morgan fingerprint density at radius 1 is 1.06 bits per heavy atom. The molecule has 2 fully saturated rings. The van der Waals surface area contributed by atoms with Crippen LogP contribution in [0.15, 0.2) is 77.8 Å². The molecule has 5 unspecified atom stereocenters. The van der Waals surface area contributed by atoms with Gasteiger partial charge < -0.3 is 5.32 Å². The molecule has 0 aromatic heterocycles. The summed E-state index contributed by atoms with van der Waals surface area (Å²) in [5.41, 5.74) is 2.00. The number of likely N-dealkylation sites (tertiary alicyclic amines) is 1. The van der Waals surface area contributed by atoms with Gasteiger partial charge in [0.25, 0.3) is 0 Å². The summed E-state index contributed by atoms with van der Waals surface area (Å²) in [4.78, 5) is 21.8. The van der Waals surface area contributed by atoms with Crippen LogP contribution in [0.3, 0.4) is 0 Å². The number of benzene rings is 3. The fourth-order valence-electron chi connectivity index (χ4n) is 7.36. The van der Waals surface area contributed by atoms with Gasteiger partial charge in [-0.15, -0.1) is 0 Å². The van der Waals surface area contributed by atoms with Gasteiger partial charge in [0, 0.05) is 37.8 Å². The largest absolute Gasteiger partial charge is 0.354 e. The first-order valence-corrected chi connectivity index (χ1v) is 13.6. The van der Waals surface area contributed by atoms with Crippen molar-refractivity contribution in [1.29, 1.82) is 0 Å². The smallest absolute Gasteiger partial charge is 0.249 e. The van der Waals surface area contributed by atoms with E-state index in [0.29, 0.717) is 30.2 Å². The van der Waals surface area contributed by atoms with Crippen LogP contribution in [0.1, 0.15) is 31.4 Å². The van der Waals surface area contributed by atoms with Gasteiger partial charge in [-0.2, -0.15) is 0 Å². The summed E-state index contributed by atoms with van der Waals surface area (Å²) in [6.45, 7) is 7.22. The molecule has 4 aliphatic rings. The monoisotopic (exact) mass is 479 g/mol. The number of carbonyl (C=O) groups excluding carboxylic acids is 1. The van der Waals surface area contributed by atoms with E-state index in [0.717, 1.165) is 32.4 Å². The van der Waals surface area contributed by atoms with Crippen molar-refractivity contribution in [2.75, 3.05) is 19.6 Å². The highest BCUT2D eigenvalue weighted by molar-refractivity contribution is 5.92. The zero-order valence-electron chi connectivity index (χ0n) is 21.4. The summed E-state index contributed by atoms with van der Waals surface area (Å²) < 4.78 is 0. The van der Waals surface area contributed by atoms with Crippen molar-refractivity contribution in [3.8, 4) is 0 Å². The van der Waals surface area contributed by atoms with Crippen LogP contribution in [0.4, 0.5) is 0 Å². The molecule has 3 aromatic carbocycles. The van der Waals surface area contributed by atoms with E-state index in [1.165, 1.54) is 21.9 Å². The third-order valence-electron chi connectivity index (χ3n) is 8.75. The van der Waals surface area contributed by atoms with Gasteiger partial charge in [0.15, 0.2) is 5.54 Å². The summed E-state index contributed by atoms with van der Waals surface area (Å²) in [6, 6.07) is 25.9. The predicted octanol–water partition coefficient (Wildman–Crippen LogP) is 5.16. The van der Waals surface area contributed by atoms with Gasteiger partial charge in [-0.1, -0.05) is 86.6 Å². The predicted molar refractivity (Wildman–Crippen MR) is 147 cm³/mol. The quantitative estimate of drug-likeness (QED) is 0.485. The van der Waals surface area contributed by atoms with Gasteiger partial charge in [0.05, 0.1) is 0 Å². The Bertz CT molecular complexity index is 1260. The van der Waals surface area contributed by atoms with Crippen molar-refractivity contribution in [2.45, 2.75) is 44.7 Å². The van der Waals surface area contributed by atoms with E-state index < -0.39 is 5.54 Å². The average molecular weight is 480 g/mol. The number of nitrogens with zero attached hydrogens (tertiary/aromatic N) is 2. The molecule has 3 heterocycles. The van der Waals surface area contributed by atoms with E-state index in [2.05, 4.69) is 103 Å². The Hall–Kier alpha value is -2.98. The Kier molecular flexibility index (Phi) is 6.17. The summed E-state index contributed by atoms with van der Waals surface area (Å²) in [6.07, 6.45) is 5.05. The third-order valence-corrected chi connectivity index (χ3v) is 8.75. The first-order chi connectivity index (χ1) is 17.6. The highest BCUT2D eigenvalue weighted by atomic mass is 16.2. The highest BCUT2D eigenvalue weighted by Crippen LogP contribution is 2.54. The summed E-state index contributed by atoms with van der Waals surface area (Å²) >= 11 is 0. The Morgan fingerprint density at radius 2 is 1.83 bits per heavy atom. The maximum atomic E-state index is 14.1. The molecule has 5 atom stereocenters. The van der Waals surface area contributed by atoms with E-state index in [1.807, 2.05) is 0 Å². The average Bonchev–Trinajstić information content (AvgIpc) is 3.14. The molecule has 1 aliphatic carbocycles. The Morgan fingerprint density at radius 3 is 2.67 bits per heavy atom. The van der Waals surface area contributed by atoms with E-state index in [-0.39, 0.29) is 11.9 Å². The van der Waals surface area contributed by atoms with Crippen LogP contribution in [-0.4, -0.2) is 48.2 Å². The molecule has 0 radical (unpaired) electrons. The van der Waals surface area contributed by atoms with Gasteiger partial charge in [0.1, 0.15) is 0 Å². The highest BCUT2D eigenvalue weighted by Gasteiger charge is 2.67. The maximum absolute atomic E-state index is 14.1. The first kappa shape index (κ1) is 23.4. The number of hydrogen-bond acceptors (Lipinski definition) is 3. The van der Waals surface area contributed by atoms with Gasteiger partial charge in [-0.25, -0.2) is 0 Å². The molecule has 1 amide bonds. The van der Waals surface area contributed by atoms with E-state index in [9.17, 15) is 4.79 Å². The van der Waals surface area contributed by atoms with E-state index >= 15 is 0 Å². The molecule has 4 heteroatoms. The second-order valence-electron chi connectivity index (χ2n) is 11.5. The number of fused-ring (bicyclic) bond motifs is 1. The van der Waals surface area contributed by atoms with Gasteiger partial charge in [0.2, 0.25) is 5.91 Å². The molecule has 4 bridgehead atoms. The second-order valence-corrected chi connectivity index (χ2v) is 11.5. The van der Waals surface area contributed by atoms with Crippen molar-refractivity contribution in [1.82, 2.24) is 10.2 Å². The van der Waals surface area contributed by atoms with Crippen molar-refractivity contribution in [3.05, 3.63) is 83.9 Å². The Labute approximate surface area is 214 Å². The van der Waals surface area contributed by atoms with Gasteiger partial charge in [-0.05, 0) is 58.9 Å². The van der Waals surface area contributed by atoms with E-state index in [1.54, 1.807) is 0 Å². The van der Waals surface area contributed by atoms with Crippen molar-refractivity contribution in [3.63, 3.8) is 0 Å². The lowest BCUT2D eigenvalue weighted by Crippen LogP contribution is -2.66. The fourth-order valence-corrected chi connectivity index (χ4v) is 7.36. The van der Waals surface area contributed by atoms with Crippen LogP contribution in [0, 0.1) is 23.7 Å². The molecule has 1 saturated heterocycles. The molecule has 186 valence electrons. The van der Waals surface area contributed by atoms with E-state index in [4.69, 9.17) is 4.99 Å². The third kappa shape index (κ3) is 3.96. The molecule has 36 heavy (non-hydrogen) atoms. The molecular formula is C32H37N3O. The topological polar surface area (TPSA) is 44.7 Å². The van der Waals surface area contributed by atoms with Gasteiger partial charge in [-0.3, -0.25) is 14.7 Å². The zero-order chi connectivity index (χ0) is 24.7. The fraction of sp³-hybridized carbons (Fsp3) is 0.438. The second kappa shape index (κ2) is 9.48. The van der Waals surface area contributed by atoms with Crippen molar-refractivity contribution >= 4 is 22.9 Å². The molecule has 4 nitrogen and oxygen atoms in total. The minimum absolute atomic E-state index is 0.136. The van der Waals surface area contributed by atoms with Crippen LogP contribution in [0.5, 0.6) is 0 Å². The summed E-state index contributed by atoms with van der Waals surface area (Å²) in [7, 11) is 0. The van der Waals surface area contributed by atoms with Crippen LogP contribution >= 0.6 is 0 Å². The number of hydrogen-bond donors (Lipinski definition) is 1. The molecule has 1 N–H and O–H groups in total. The van der Waals surface area contributed by atoms with Crippen LogP contribution in [-0.2, 0) is 17.6 Å². The molecule has 3 aromatic rings. The molecular weight excluding hydrogens is 442 g/mol. The molecule has 3 aliphatic heterocycles. The van der Waals surface area contributed by atoms with Crippen LogP contribution < -0.4 is 5.32 Å². The minimum Gasteiger partial charge on any atom is -0.354 e. The number of nitrogens with one attached hydrogen (secondary N) is 1. The zero-order valence-corrected chi connectivity index (χ0v) is 21.4. The normalized spacial score (nSPS) is 28.8. The molecule has 7 rings (SSSR count). The Balaban J connectivity index is 1.25. The summed E-state index contributed by atoms with van der Waals surface area (Å²) in [5.74, 6) is 1.89. The molecule has 1 saturated carbocycles. The number of rotatable bonds is 8. The summed E-state index contributed by atoms with van der Waals surface area (Å²) in [5, 5.41) is 5.89. The van der Waals surface area contributed by atoms with Crippen LogP contribution in [0.2, 0.25) is 0 Å². The SMILES string of the molecule is CC(C)CN1CC2CC3C=NC2(C(=O)NCCc2cccc4ccccc24)C1C3Cc1ccccc1. The lowest BCUT2D eigenvalue weighted by atomic mass is 9.59. The number of aliphatic imine (C=N–C) groups is 1.